The van der Waals surface area contributed by atoms with E-state index in [9.17, 15) is 9.59 Å². The minimum absolute atomic E-state index is 0.0510. The number of aliphatic carboxylic acids is 1. The van der Waals surface area contributed by atoms with Gasteiger partial charge in [-0.1, -0.05) is 0 Å². The topological polar surface area (TPSA) is 80.0 Å². The number of rotatable bonds is 4. The van der Waals surface area contributed by atoms with Crippen molar-refractivity contribution in [3.05, 3.63) is 24.2 Å². The monoisotopic (exact) mass is 269 g/mol. The first-order valence-electron chi connectivity index (χ1n) is 5.95. The molecule has 1 unspecified atom stereocenters. The first-order chi connectivity index (χ1) is 8.70. The number of hydrogen-bond acceptors (Lipinski definition) is 4. The molecule has 1 aromatic rings. The van der Waals surface area contributed by atoms with E-state index in [4.69, 9.17) is 14.3 Å². The Morgan fingerprint density at radius 3 is 2.53 bits per heavy atom. The maximum absolute atomic E-state index is 12.0. The Bertz CT molecular complexity index is 432. The van der Waals surface area contributed by atoms with Crippen LogP contribution in [0.15, 0.2) is 22.8 Å². The highest BCUT2D eigenvalue weighted by Gasteiger charge is 2.30. The van der Waals surface area contributed by atoms with Crippen LogP contribution in [-0.4, -0.2) is 33.7 Å². The Labute approximate surface area is 112 Å². The molecule has 0 aliphatic carbocycles. The van der Waals surface area contributed by atoms with Gasteiger partial charge >= 0.3 is 12.1 Å². The van der Waals surface area contributed by atoms with Crippen molar-refractivity contribution in [1.29, 1.82) is 0 Å². The number of amides is 1. The van der Waals surface area contributed by atoms with Gasteiger partial charge in [0.15, 0.2) is 0 Å². The van der Waals surface area contributed by atoms with Crippen LogP contribution in [0.3, 0.4) is 0 Å². The molecule has 0 radical (unpaired) electrons. The van der Waals surface area contributed by atoms with Crippen LogP contribution in [0.1, 0.15) is 33.5 Å². The molecule has 0 aliphatic heterocycles. The molecule has 19 heavy (non-hydrogen) atoms. The fourth-order valence-corrected chi connectivity index (χ4v) is 1.38. The standard InChI is InChI=1S/C13H19NO5/c1-9(11(15)16)14(8-10-6-5-7-18-10)12(17)19-13(2,3)4/h5-7,9H,8H2,1-4H3,(H,15,16). The van der Waals surface area contributed by atoms with E-state index in [1.165, 1.54) is 13.2 Å². The molecule has 0 aliphatic rings. The van der Waals surface area contributed by atoms with Crippen molar-refractivity contribution in [2.75, 3.05) is 0 Å². The molecule has 1 atom stereocenters. The summed E-state index contributed by atoms with van der Waals surface area (Å²) in [6.45, 7) is 6.65. The molecule has 1 N–H and O–H groups in total. The highest BCUT2D eigenvalue weighted by Crippen LogP contribution is 2.15. The van der Waals surface area contributed by atoms with Crippen molar-refractivity contribution in [1.82, 2.24) is 4.90 Å². The third-order valence-corrected chi connectivity index (χ3v) is 2.36. The van der Waals surface area contributed by atoms with Gasteiger partial charge in [-0.15, -0.1) is 0 Å². The van der Waals surface area contributed by atoms with Gasteiger partial charge in [0, 0.05) is 0 Å². The van der Waals surface area contributed by atoms with Crippen molar-refractivity contribution in [2.45, 2.75) is 45.9 Å². The van der Waals surface area contributed by atoms with Crippen molar-refractivity contribution in [3.8, 4) is 0 Å². The summed E-state index contributed by atoms with van der Waals surface area (Å²) in [7, 11) is 0. The van der Waals surface area contributed by atoms with Gasteiger partial charge in [-0.25, -0.2) is 9.59 Å². The second kappa shape index (κ2) is 5.77. The molecule has 0 bridgehead atoms. The van der Waals surface area contributed by atoms with Crippen LogP contribution in [0.2, 0.25) is 0 Å². The number of carboxylic acids is 1. The molecule has 0 fully saturated rings. The SMILES string of the molecule is CC(C(=O)O)N(Cc1ccco1)C(=O)OC(C)(C)C. The summed E-state index contributed by atoms with van der Waals surface area (Å²) in [6, 6.07) is 2.35. The molecule has 1 amide bonds. The highest BCUT2D eigenvalue weighted by molar-refractivity contribution is 5.79. The summed E-state index contributed by atoms with van der Waals surface area (Å²) < 4.78 is 10.3. The third kappa shape index (κ3) is 4.65. The lowest BCUT2D eigenvalue weighted by Crippen LogP contribution is -2.45. The van der Waals surface area contributed by atoms with Gasteiger partial charge in [0.05, 0.1) is 12.8 Å². The highest BCUT2D eigenvalue weighted by atomic mass is 16.6. The second-order valence-corrected chi connectivity index (χ2v) is 5.20. The van der Waals surface area contributed by atoms with E-state index in [0.29, 0.717) is 5.76 Å². The number of ether oxygens (including phenoxy) is 1. The summed E-state index contributed by atoms with van der Waals surface area (Å²) in [5.74, 6) is -0.601. The normalized spacial score (nSPS) is 12.8. The van der Waals surface area contributed by atoms with E-state index < -0.39 is 23.7 Å². The van der Waals surface area contributed by atoms with Crippen LogP contribution in [0, 0.1) is 0 Å². The van der Waals surface area contributed by atoms with Gasteiger partial charge in [-0.2, -0.15) is 0 Å². The fraction of sp³-hybridized carbons (Fsp3) is 0.538. The zero-order chi connectivity index (χ0) is 14.6. The van der Waals surface area contributed by atoms with E-state index >= 15 is 0 Å². The molecule has 1 heterocycles. The third-order valence-electron chi connectivity index (χ3n) is 2.36. The Morgan fingerprint density at radius 2 is 2.11 bits per heavy atom. The first-order valence-corrected chi connectivity index (χ1v) is 5.95. The smallest absolute Gasteiger partial charge is 0.411 e. The minimum Gasteiger partial charge on any atom is -0.480 e. The Morgan fingerprint density at radius 1 is 1.47 bits per heavy atom. The number of carbonyl (C=O) groups excluding carboxylic acids is 1. The van der Waals surface area contributed by atoms with Crippen LogP contribution in [-0.2, 0) is 16.1 Å². The number of hydrogen-bond donors (Lipinski definition) is 1. The second-order valence-electron chi connectivity index (χ2n) is 5.20. The lowest BCUT2D eigenvalue weighted by atomic mass is 10.2. The molecule has 1 rings (SSSR count). The van der Waals surface area contributed by atoms with Gasteiger partial charge < -0.3 is 14.3 Å². The van der Waals surface area contributed by atoms with E-state index in [1.807, 2.05) is 0 Å². The minimum atomic E-state index is -1.10. The van der Waals surface area contributed by atoms with Crippen LogP contribution < -0.4 is 0 Å². The molecule has 0 spiro atoms. The van der Waals surface area contributed by atoms with Crippen molar-refractivity contribution >= 4 is 12.1 Å². The Kier molecular flexibility index (Phi) is 4.58. The van der Waals surface area contributed by atoms with E-state index in [2.05, 4.69) is 0 Å². The molecular weight excluding hydrogens is 250 g/mol. The van der Waals surface area contributed by atoms with Gasteiger partial charge in [0.25, 0.3) is 0 Å². The number of carbonyl (C=O) groups is 2. The average Bonchev–Trinajstić information content (AvgIpc) is 2.74. The molecule has 0 saturated heterocycles. The average molecular weight is 269 g/mol. The van der Waals surface area contributed by atoms with Gasteiger partial charge in [-0.3, -0.25) is 4.90 Å². The quantitative estimate of drug-likeness (QED) is 0.908. The zero-order valence-electron chi connectivity index (χ0n) is 11.5. The van der Waals surface area contributed by atoms with Crippen LogP contribution in [0.5, 0.6) is 0 Å². The van der Waals surface area contributed by atoms with Crippen molar-refractivity contribution in [2.24, 2.45) is 0 Å². The lowest BCUT2D eigenvalue weighted by Gasteiger charge is -2.29. The van der Waals surface area contributed by atoms with E-state index in [-0.39, 0.29) is 6.54 Å². The lowest BCUT2D eigenvalue weighted by molar-refractivity contribution is -0.142. The molecular formula is C13H19NO5. The molecule has 0 aromatic carbocycles. The molecule has 0 saturated carbocycles. The first kappa shape index (κ1) is 15.1. The van der Waals surface area contributed by atoms with Crippen LogP contribution in [0.4, 0.5) is 4.79 Å². The zero-order valence-corrected chi connectivity index (χ0v) is 11.5. The fourth-order valence-electron chi connectivity index (χ4n) is 1.38. The number of furan rings is 1. The summed E-state index contributed by atoms with van der Waals surface area (Å²) in [5, 5.41) is 9.05. The van der Waals surface area contributed by atoms with Crippen LogP contribution in [0.25, 0.3) is 0 Å². The predicted octanol–water partition coefficient (Wildman–Crippen LogP) is 2.49. The van der Waals surface area contributed by atoms with E-state index in [1.54, 1.807) is 32.9 Å². The summed E-state index contributed by atoms with van der Waals surface area (Å²) in [6.07, 6.45) is 0.785. The number of nitrogens with zero attached hydrogens (tertiary/aromatic N) is 1. The van der Waals surface area contributed by atoms with E-state index in [0.717, 1.165) is 4.90 Å². The van der Waals surface area contributed by atoms with Crippen LogP contribution >= 0.6 is 0 Å². The summed E-state index contributed by atoms with van der Waals surface area (Å²) in [5.41, 5.74) is -0.684. The van der Waals surface area contributed by atoms with Gasteiger partial charge in [0.1, 0.15) is 17.4 Å². The maximum atomic E-state index is 12.0. The van der Waals surface area contributed by atoms with Gasteiger partial charge in [-0.05, 0) is 39.8 Å². The molecule has 6 nitrogen and oxygen atoms in total. The van der Waals surface area contributed by atoms with Crippen molar-refractivity contribution < 1.29 is 23.8 Å². The Balaban J connectivity index is 2.86. The molecule has 106 valence electrons. The largest absolute Gasteiger partial charge is 0.480 e. The molecule has 6 heteroatoms. The number of carboxylic acid groups (broad SMARTS) is 1. The predicted molar refractivity (Wildman–Crippen MR) is 67.6 cm³/mol. The molecule has 1 aromatic heterocycles. The maximum Gasteiger partial charge on any atom is 0.411 e. The van der Waals surface area contributed by atoms with Crippen molar-refractivity contribution in [3.63, 3.8) is 0 Å². The Hall–Kier alpha value is -1.98. The summed E-state index contributed by atoms with van der Waals surface area (Å²) in [4.78, 5) is 24.2. The van der Waals surface area contributed by atoms with Gasteiger partial charge in [0.2, 0.25) is 0 Å². The summed E-state index contributed by atoms with van der Waals surface area (Å²) >= 11 is 0.